The number of halogens is 6. The fraction of sp³-hybridized carbons (Fsp3) is 0. The molecule has 106 valence electrons. The van der Waals surface area contributed by atoms with Crippen LogP contribution in [0.3, 0.4) is 0 Å². The van der Waals surface area contributed by atoms with Crippen molar-refractivity contribution < 1.29 is 31.2 Å². The zero-order valence-corrected chi connectivity index (χ0v) is 9.99. The summed E-state index contributed by atoms with van der Waals surface area (Å²) in [5.41, 5.74) is -1.79. The van der Waals surface area contributed by atoms with Crippen molar-refractivity contribution in [3.05, 3.63) is 52.2 Å². The number of rotatable bonds is 2. The number of anilines is 1. The molecule has 20 heavy (non-hydrogen) atoms. The van der Waals surface area contributed by atoms with Gasteiger partial charge in [0, 0.05) is 0 Å². The minimum Gasteiger partial charge on any atom is -0.452 e. The average Bonchev–Trinajstić information content (AvgIpc) is 2.85. The molecular weight excluding hydrogens is 309 g/mol. The topological polar surface area (TPSA) is 42.2 Å². The molecule has 0 aliphatic heterocycles. The van der Waals surface area contributed by atoms with Crippen molar-refractivity contribution in [3.8, 4) is 0 Å². The molecule has 9 heteroatoms. The number of nitrogens with one attached hydrogen (secondary N) is 1. The van der Waals surface area contributed by atoms with Crippen LogP contribution in [-0.2, 0) is 0 Å². The van der Waals surface area contributed by atoms with Gasteiger partial charge < -0.3 is 9.73 Å². The van der Waals surface area contributed by atoms with Gasteiger partial charge in [0.05, 0.1) is 11.8 Å². The van der Waals surface area contributed by atoms with Crippen LogP contribution in [0.15, 0.2) is 16.7 Å². The van der Waals surface area contributed by atoms with Crippen LogP contribution in [0.4, 0.5) is 27.6 Å². The maximum Gasteiger partial charge on any atom is 0.260 e. The van der Waals surface area contributed by atoms with Crippen LogP contribution < -0.4 is 5.32 Å². The Morgan fingerprint density at radius 3 is 1.95 bits per heavy atom. The van der Waals surface area contributed by atoms with E-state index >= 15 is 0 Å². The van der Waals surface area contributed by atoms with Crippen molar-refractivity contribution in [1.29, 1.82) is 0 Å². The van der Waals surface area contributed by atoms with Gasteiger partial charge >= 0.3 is 0 Å². The second-order valence-corrected chi connectivity index (χ2v) is 3.85. The maximum absolute atomic E-state index is 13.3. The molecule has 1 aromatic heterocycles. The molecule has 0 bridgehead atoms. The third-order valence-corrected chi connectivity index (χ3v) is 2.60. The number of carbonyl (C=O) groups is 1. The Morgan fingerprint density at radius 2 is 1.50 bits per heavy atom. The van der Waals surface area contributed by atoms with E-state index < -0.39 is 45.9 Å². The van der Waals surface area contributed by atoms with Gasteiger partial charge in [0.2, 0.25) is 11.0 Å². The molecule has 3 nitrogen and oxygen atoms in total. The third kappa shape index (κ3) is 2.22. The predicted octanol–water partition coefficient (Wildman–Crippen LogP) is 3.88. The summed E-state index contributed by atoms with van der Waals surface area (Å²) in [6, 6.07) is 1.06. The molecule has 2 aromatic rings. The lowest BCUT2D eigenvalue weighted by Gasteiger charge is -2.09. The third-order valence-electron chi connectivity index (χ3n) is 2.31. The van der Waals surface area contributed by atoms with Crippen LogP contribution >= 0.6 is 11.6 Å². The summed E-state index contributed by atoms with van der Waals surface area (Å²) in [6.07, 6.45) is 1.01. The lowest BCUT2D eigenvalue weighted by molar-refractivity contribution is 0.102. The van der Waals surface area contributed by atoms with Crippen LogP contribution in [0, 0.1) is 29.1 Å². The number of benzene rings is 1. The van der Waals surface area contributed by atoms with Crippen molar-refractivity contribution in [2.75, 3.05) is 5.32 Å². The standard InChI is InChI=1S/C11H3ClF5NO2/c12-10-3(1-2-20-10)11(19)18-9-7(16)5(14)4(13)6(15)8(9)17/h1-2H,(H,18,19). The number of hydrogen-bond acceptors (Lipinski definition) is 2. The highest BCUT2D eigenvalue weighted by Gasteiger charge is 2.27. The maximum atomic E-state index is 13.3. The monoisotopic (exact) mass is 311 g/mol. The fourth-order valence-electron chi connectivity index (χ4n) is 1.35. The number of carbonyl (C=O) groups excluding carboxylic acids is 1. The Labute approximate surface area is 112 Å². The first kappa shape index (κ1) is 14.3. The molecule has 0 saturated carbocycles. The summed E-state index contributed by atoms with van der Waals surface area (Å²) in [5.74, 6) is -12.2. The summed E-state index contributed by atoms with van der Waals surface area (Å²) in [4.78, 5) is 11.6. The molecular formula is C11H3ClF5NO2. The zero-order chi connectivity index (χ0) is 15.0. The Hall–Kier alpha value is -2.09. The van der Waals surface area contributed by atoms with Gasteiger partial charge in [-0.1, -0.05) is 0 Å². The van der Waals surface area contributed by atoms with Gasteiger partial charge in [0.15, 0.2) is 23.3 Å². The van der Waals surface area contributed by atoms with E-state index in [4.69, 9.17) is 11.6 Å². The Morgan fingerprint density at radius 1 is 1.00 bits per heavy atom. The van der Waals surface area contributed by atoms with Crippen molar-refractivity contribution in [2.24, 2.45) is 0 Å². The molecule has 1 amide bonds. The predicted molar refractivity (Wildman–Crippen MR) is 57.9 cm³/mol. The van der Waals surface area contributed by atoms with Gasteiger partial charge in [0.25, 0.3) is 5.91 Å². The molecule has 0 radical (unpaired) electrons. The van der Waals surface area contributed by atoms with Gasteiger partial charge in [-0.3, -0.25) is 4.79 Å². The Kier molecular flexibility index (Phi) is 3.67. The summed E-state index contributed by atoms with van der Waals surface area (Å²) in [7, 11) is 0. The second kappa shape index (κ2) is 5.12. The summed E-state index contributed by atoms with van der Waals surface area (Å²) < 4.78 is 69.8. The van der Waals surface area contributed by atoms with E-state index in [0.29, 0.717) is 0 Å². The quantitative estimate of drug-likeness (QED) is 0.519. The van der Waals surface area contributed by atoms with Gasteiger partial charge in [-0.05, 0) is 17.7 Å². The van der Waals surface area contributed by atoms with Crippen LogP contribution in [0.25, 0.3) is 0 Å². The minimum atomic E-state index is -2.32. The normalized spacial score (nSPS) is 10.7. The largest absolute Gasteiger partial charge is 0.452 e. The molecule has 0 spiro atoms. The molecule has 1 N–H and O–H groups in total. The first-order valence-electron chi connectivity index (χ1n) is 4.90. The summed E-state index contributed by atoms with van der Waals surface area (Å²) >= 11 is 5.45. The van der Waals surface area contributed by atoms with E-state index in [1.54, 1.807) is 5.32 Å². The SMILES string of the molecule is O=C(Nc1c(F)c(F)c(F)c(F)c1F)c1ccoc1Cl. The lowest BCUT2D eigenvalue weighted by Crippen LogP contribution is -2.16. The van der Waals surface area contributed by atoms with Crippen molar-refractivity contribution >= 4 is 23.2 Å². The molecule has 1 heterocycles. The first-order valence-corrected chi connectivity index (χ1v) is 5.28. The Balaban J connectivity index is 2.45. The molecule has 0 aliphatic carbocycles. The molecule has 0 atom stereocenters. The molecule has 2 rings (SSSR count). The van der Waals surface area contributed by atoms with E-state index in [0.717, 1.165) is 12.3 Å². The van der Waals surface area contributed by atoms with Crippen molar-refractivity contribution in [1.82, 2.24) is 0 Å². The summed E-state index contributed by atoms with van der Waals surface area (Å²) in [5, 5.41) is 1.15. The van der Waals surface area contributed by atoms with Gasteiger partial charge in [-0.25, -0.2) is 22.0 Å². The first-order chi connectivity index (χ1) is 9.34. The number of furan rings is 1. The molecule has 0 aliphatic rings. The lowest BCUT2D eigenvalue weighted by atomic mass is 10.2. The zero-order valence-electron chi connectivity index (χ0n) is 9.24. The van der Waals surface area contributed by atoms with Crippen LogP contribution in [0.2, 0.25) is 5.22 Å². The average molecular weight is 312 g/mol. The van der Waals surface area contributed by atoms with E-state index in [9.17, 15) is 26.7 Å². The van der Waals surface area contributed by atoms with E-state index in [2.05, 4.69) is 4.42 Å². The van der Waals surface area contributed by atoms with Crippen molar-refractivity contribution in [3.63, 3.8) is 0 Å². The van der Waals surface area contributed by atoms with Gasteiger partial charge in [-0.2, -0.15) is 0 Å². The highest BCUT2D eigenvalue weighted by atomic mass is 35.5. The number of hydrogen-bond donors (Lipinski definition) is 1. The molecule has 1 aromatic carbocycles. The van der Waals surface area contributed by atoms with E-state index in [1.807, 2.05) is 0 Å². The minimum absolute atomic E-state index is 0.324. The molecule has 0 fully saturated rings. The molecule has 0 unspecified atom stereocenters. The van der Waals surface area contributed by atoms with Crippen LogP contribution in [0.5, 0.6) is 0 Å². The van der Waals surface area contributed by atoms with Crippen LogP contribution in [-0.4, -0.2) is 5.91 Å². The van der Waals surface area contributed by atoms with Crippen LogP contribution in [0.1, 0.15) is 10.4 Å². The molecule has 0 saturated heterocycles. The van der Waals surface area contributed by atoms with E-state index in [-0.39, 0.29) is 5.56 Å². The van der Waals surface area contributed by atoms with E-state index in [1.165, 1.54) is 0 Å². The fourth-order valence-corrected chi connectivity index (χ4v) is 1.55. The number of amides is 1. The summed E-state index contributed by atoms with van der Waals surface area (Å²) in [6.45, 7) is 0. The highest BCUT2D eigenvalue weighted by molar-refractivity contribution is 6.32. The Bertz CT molecular complexity index is 671. The smallest absolute Gasteiger partial charge is 0.260 e. The van der Waals surface area contributed by atoms with Gasteiger partial charge in [0.1, 0.15) is 5.69 Å². The van der Waals surface area contributed by atoms with Gasteiger partial charge in [-0.15, -0.1) is 0 Å². The second-order valence-electron chi connectivity index (χ2n) is 3.51. The van der Waals surface area contributed by atoms with Crippen molar-refractivity contribution in [2.45, 2.75) is 0 Å². The highest BCUT2D eigenvalue weighted by Crippen LogP contribution is 2.28.